The van der Waals surface area contributed by atoms with E-state index in [-0.39, 0.29) is 12.1 Å². The van der Waals surface area contributed by atoms with Gasteiger partial charge in [-0.25, -0.2) is 0 Å². The molecular formula is C13H19NO. The minimum Gasteiger partial charge on any atom is -0.391 e. The molecule has 2 atom stereocenters. The van der Waals surface area contributed by atoms with Gasteiger partial charge in [0.05, 0.1) is 6.10 Å². The molecule has 0 saturated heterocycles. The lowest BCUT2D eigenvalue weighted by Gasteiger charge is -2.21. The SMILES string of the molecule is C=CCC(O)[C@@H](Cc1ccccc1)NC. The molecule has 0 heterocycles. The Hall–Kier alpha value is -1.12. The van der Waals surface area contributed by atoms with E-state index in [0.29, 0.717) is 6.42 Å². The van der Waals surface area contributed by atoms with Crippen molar-refractivity contribution in [1.29, 1.82) is 0 Å². The van der Waals surface area contributed by atoms with Crippen molar-refractivity contribution in [1.82, 2.24) is 5.32 Å². The van der Waals surface area contributed by atoms with Crippen molar-refractivity contribution in [2.24, 2.45) is 0 Å². The average molecular weight is 205 g/mol. The lowest BCUT2D eigenvalue weighted by atomic mass is 9.99. The van der Waals surface area contributed by atoms with Crippen LogP contribution in [0.15, 0.2) is 43.0 Å². The summed E-state index contributed by atoms with van der Waals surface area (Å²) in [5.74, 6) is 0. The van der Waals surface area contributed by atoms with Crippen LogP contribution in [0.1, 0.15) is 12.0 Å². The first-order chi connectivity index (χ1) is 7.27. The van der Waals surface area contributed by atoms with Gasteiger partial charge >= 0.3 is 0 Å². The lowest BCUT2D eigenvalue weighted by molar-refractivity contribution is 0.133. The number of hydrogen-bond acceptors (Lipinski definition) is 2. The van der Waals surface area contributed by atoms with Gasteiger partial charge in [0.25, 0.3) is 0 Å². The van der Waals surface area contributed by atoms with Crippen molar-refractivity contribution in [3.05, 3.63) is 48.6 Å². The summed E-state index contributed by atoms with van der Waals surface area (Å²) in [4.78, 5) is 0. The van der Waals surface area contributed by atoms with Crippen LogP contribution in [0.5, 0.6) is 0 Å². The van der Waals surface area contributed by atoms with Crippen LogP contribution < -0.4 is 5.32 Å². The normalized spacial score (nSPS) is 14.5. The number of hydrogen-bond donors (Lipinski definition) is 2. The van der Waals surface area contributed by atoms with Crippen molar-refractivity contribution >= 4 is 0 Å². The molecule has 1 aromatic carbocycles. The summed E-state index contributed by atoms with van der Waals surface area (Å²) in [6, 6.07) is 10.3. The van der Waals surface area contributed by atoms with E-state index in [1.807, 2.05) is 25.2 Å². The molecule has 82 valence electrons. The van der Waals surface area contributed by atoms with Gasteiger partial charge in [-0.05, 0) is 25.5 Å². The molecule has 0 aliphatic carbocycles. The summed E-state index contributed by atoms with van der Waals surface area (Å²) in [6.45, 7) is 3.64. The quantitative estimate of drug-likeness (QED) is 0.693. The summed E-state index contributed by atoms with van der Waals surface area (Å²) in [7, 11) is 1.87. The molecule has 15 heavy (non-hydrogen) atoms. The van der Waals surface area contributed by atoms with Crippen molar-refractivity contribution in [3.63, 3.8) is 0 Å². The van der Waals surface area contributed by atoms with Crippen LogP contribution in [-0.4, -0.2) is 24.3 Å². The highest BCUT2D eigenvalue weighted by Gasteiger charge is 2.15. The molecular weight excluding hydrogens is 186 g/mol. The summed E-state index contributed by atoms with van der Waals surface area (Å²) >= 11 is 0. The topological polar surface area (TPSA) is 32.3 Å². The minimum absolute atomic E-state index is 0.0883. The number of aliphatic hydroxyl groups excluding tert-OH is 1. The lowest BCUT2D eigenvalue weighted by Crippen LogP contribution is -2.39. The third-order valence-electron chi connectivity index (χ3n) is 2.54. The Labute approximate surface area is 91.6 Å². The van der Waals surface area contributed by atoms with Gasteiger partial charge in [0.1, 0.15) is 0 Å². The molecule has 2 heteroatoms. The fourth-order valence-electron chi connectivity index (χ4n) is 1.63. The second-order valence-electron chi connectivity index (χ2n) is 3.68. The van der Waals surface area contributed by atoms with Crippen molar-refractivity contribution in [2.75, 3.05) is 7.05 Å². The van der Waals surface area contributed by atoms with Gasteiger partial charge in [0.15, 0.2) is 0 Å². The van der Waals surface area contributed by atoms with Crippen LogP contribution in [0.25, 0.3) is 0 Å². The maximum Gasteiger partial charge on any atom is 0.0730 e. The maximum atomic E-state index is 9.84. The molecule has 0 fully saturated rings. The molecule has 2 nitrogen and oxygen atoms in total. The first-order valence-corrected chi connectivity index (χ1v) is 5.28. The summed E-state index contributed by atoms with van der Waals surface area (Å²) in [6.07, 6.45) is 2.85. The van der Waals surface area contributed by atoms with E-state index in [1.165, 1.54) is 5.56 Å². The fraction of sp³-hybridized carbons (Fsp3) is 0.385. The molecule has 1 aromatic rings. The number of likely N-dealkylation sites (N-methyl/N-ethyl adjacent to an activating group) is 1. The van der Waals surface area contributed by atoms with Gasteiger partial charge in [-0.2, -0.15) is 0 Å². The number of nitrogens with one attached hydrogen (secondary N) is 1. The van der Waals surface area contributed by atoms with Crippen LogP contribution in [0, 0.1) is 0 Å². The van der Waals surface area contributed by atoms with Gasteiger partial charge in [-0.15, -0.1) is 6.58 Å². The van der Waals surface area contributed by atoms with E-state index in [1.54, 1.807) is 6.08 Å². The van der Waals surface area contributed by atoms with E-state index in [2.05, 4.69) is 24.0 Å². The van der Waals surface area contributed by atoms with Crippen molar-refractivity contribution in [2.45, 2.75) is 25.0 Å². The standard InChI is InChI=1S/C13H19NO/c1-3-7-13(15)12(14-2)10-11-8-5-4-6-9-11/h3-6,8-9,12-15H,1,7,10H2,2H3/t12-,13?/m1/s1. The Morgan fingerprint density at radius 1 is 1.40 bits per heavy atom. The molecule has 1 unspecified atom stereocenters. The zero-order valence-electron chi connectivity index (χ0n) is 9.19. The highest BCUT2D eigenvalue weighted by atomic mass is 16.3. The van der Waals surface area contributed by atoms with E-state index < -0.39 is 0 Å². The average Bonchev–Trinajstić information content (AvgIpc) is 2.27. The third kappa shape index (κ3) is 3.86. The molecule has 0 saturated carbocycles. The van der Waals surface area contributed by atoms with Crippen molar-refractivity contribution < 1.29 is 5.11 Å². The van der Waals surface area contributed by atoms with Gasteiger partial charge in [0.2, 0.25) is 0 Å². The molecule has 0 bridgehead atoms. The van der Waals surface area contributed by atoms with Gasteiger partial charge in [-0.3, -0.25) is 0 Å². The zero-order chi connectivity index (χ0) is 11.1. The molecule has 0 aliphatic rings. The summed E-state index contributed by atoms with van der Waals surface area (Å²) in [5, 5.41) is 13.0. The van der Waals surface area contributed by atoms with E-state index in [9.17, 15) is 5.11 Å². The largest absolute Gasteiger partial charge is 0.391 e. The monoisotopic (exact) mass is 205 g/mol. The van der Waals surface area contributed by atoms with E-state index in [0.717, 1.165) is 6.42 Å². The second kappa shape index (κ2) is 6.38. The molecule has 2 N–H and O–H groups in total. The predicted octanol–water partition coefficient (Wildman–Crippen LogP) is 1.75. The maximum absolute atomic E-state index is 9.84. The number of rotatable bonds is 6. The van der Waals surface area contributed by atoms with Crippen molar-refractivity contribution in [3.8, 4) is 0 Å². The Morgan fingerprint density at radius 3 is 2.60 bits per heavy atom. The Balaban J connectivity index is 2.57. The molecule has 1 rings (SSSR count). The zero-order valence-corrected chi connectivity index (χ0v) is 9.19. The minimum atomic E-state index is -0.368. The first kappa shape index (κ1) is 12.0. The number of aliphatic hydroxyl groups is 1. The van der Waals surface area contributed by atoms with Crippen LogP contribution in [-0.2, 0) is 6.42 Å². The molecule has 0 aromatic heterocycles. The summed E-state index contributed by atoms with van der Waals surface area (Å²) < 4.78 is 0. The summed E-state index contributed by atoms with van der Waals surface area (Å²) in [5.41, 5.74) is 1.24. The smallest absolute Gasteiger partial charge is 0.0730 e. The van der Waals surface area contributed by atoms with Gasteiger partial charge < -0.3 is 10.4 Å². The fourth-order valence-corrected chi connectivity index (χ4v) is 1.63. The van der Waals surface area contributed by atoms with E-state index >= 15 is 0 Å². The van der Waals surface area contributed by atoms with Gasteiger partial charge in [0, 0.05) is 6.04 Å². The second-order valence-corrected chi connectivity index (χ2v) is 3.68. The highest BCUT2D eigenvalue weighted by Crippen LogP contribution is 2.08. The van der Waals surface area contributed by atoms with Crippen LogP contribution in [0.4, 0.5) is 0 Å². The first-order valence-electron chi connectivity index (χ1n) is 5.28. The van der Waals surface area contributed by atoms with Gasteiger partial charge in [-0.1, -0.05) is 36.4 Å². The Bertz CT molecular complexity index is 284. The Kier molecular flexibility index (Phi) is 5.08. The highest BCUT2D eigenvalue weighted by molar-refractivity contribution is 5.16. The number of benzene rings is 1. The molecule has 0 radical (unpaired) electrons. The Morgan fingerprint density at radius 2 is 2.07 bits per heavy atom. The predicted molar refractivity (Wildman–Crippen MR) is 63.8 cm³/mol. The van der Waals surface area contributed by atoms with Crippen LogP contribution in [0.3, 0.4) is 0 Å². The van der Waals surface area contributed by atoms with E-state index in [4.69, 9.17) is 0 Å². The van der Waals surface area contributed by atoms with Crippen LogP contribution >= 0.6 is 0 Å². The molecule has 0 spiro atoms. The van der Waals surface area contributed by atoms with Crippen LogP contribution in [0.2, 0.25) is 0 Å². The molecule has 0 aliphatic heterocycles. The third-order valence-corrected chi connectivity index (χ3v) is 2.54. The molecule has 0 amide bonds.